The molecule has 2 heteroatoms. The normalized spacial score (nSPS) is 33.3. The monoisotopic (exact) mass is 252 g/mol. The minimum atomic E-state index is 0.518. The van der Waals surface area contributed by atoms with Gasteiger partial charge in [0, 0.05) is 19.1 Å². The summed E-state index contributed by atoms with van der Waals surface area (Å²) in [5.74, 6) is 0.948. The van der Waals surface area contributed by atoms with Crippen molar-refractivity contribution < 1.29 is 0 Å². The molecule has 1 saturated carbocycles. The molecule has 2 nitrogen and oxygen atoms in total. The highest BCUT2D eigenvalue weighted by atomic mass is 15.2. The number of rotatable bonds is 1. The van der Waals surface area contributed by atoms with Crippen LogP contribution in [0, 0.1) is 11.3 Å². The second-order valence-electron chi connectivity index (χ2n) is 7.56. The molecule has 0 atom stereocenters. The highest BCUT2D eigenvalue weighted by molar-refractivity contribution is 4.85. The molecule has 0 unspecified atom stereocenters. The van der Waals surface area contributed by atoms with E-state index in [4.69, 9.17) is 0 Å². The Balaban J connectivity index is 1.82. The van der Waals surface area contributed by atoms with Crippen LogP contribution in [0.1, 0.15) is 52.9 Å². The van der Waals surface area contributed by atoms with Gasteiger partial charge in [0.1, 0.15) is 0 Å². The number of nitrogens with zero attached hydrogens (tertiary/aromatic N) is 2. The van der Waals surface area contributed by atoms with E-state index in [2.05, 4.69) is 37.6 Å². The Bertz CT molecular complexity index is 248. The molecule has 2 fully saturated rings. The summed E-state index contributed by atoms with van der Waals surface area (Å²) in [6.07, 6.45) is 7.12. The van der Waals surface area contributed by atoms with Crippen molar-refractivity contribution in [3.05, 3.63) is 0 Å². The molecule has 0 N–H and O–H groups in total. The van der Waals surface area contributed by atoms with Crippen LogP contribution < -0.4 is 0 Å². The quantitative estimate of drug-likeness (QED) is 0.707. The fraction of sp³-hybridized carbons (Fsp3) is 1.00. The third-order valence-corrected chi connectivity index (χ3v) is 5.19. The number of likely N-dealkylation sites (N-methyl/N-ethyl adjacent to an activating group) is 1. The summed E-state index contributed by atoms with van der Waals surface area (Å²) in [6.45, 7) is 12.4. The largest absolute Gasteiger partial charge is 0.305 e. The maximum Gasteiger partial charge on any atom is 0.0112 e. The van der Waals surface area contributed by atoms with Gasteiger partial charge in [-0.15, -0.1) is 0 Å². The lowest BCUT2D eigenvalue weighted by molar-refractivity contribution is 0.0982. The summed E-state index contributed by atoms with van der Waals surface area (Å²) in [5.41, 5.74) is 0.518. The molecule has 1 heterocycles. The molecule has 106 valence electrons. The van der Waals surface area contributed by atoms with Crippen LogP contribution in [0.15, 0.2) is 0 Å². The summed E-state index contributed by atoms with van der Waals surface area (Å²) >= 11 is 0. The van der Waals surface area contributed by atoms with Gasteiger partial charge in [0.2, 0.25) is 0 Å². The Labute approximate surface area is 114 Å². The number of hydrogen-bond acceptors (Lipinski definition) is 2. The van der Waals surface area contributed by atoms with Gasteiger partial charge in [-0.3, -0.25) is 4.90 Å². The summed E-state index contributed by atoms with van der Waals surface area (Å²) in [7, 11) is 2.26. The van der Waals surface area contributed by atoms with Crippen LogP contribution in [0.2, 0.25) is 0 Å². The van der Waals surface area contributed by atoms with Crippen LogP contribution in [0.3, 0.4) is 0 Å². The van der Waals surface area contributed by atoms with Gasteiger partial charge < -0.3 is 4.90 Å². The van der Waals surface area contributed by atoms with Crippen LogP contribution >= 0.6 is 0 Å². The standard InChI is InChI=1S/C16H32N2/c1-16(2,3)14-6-8-15(9-7-14)18-11-5-10-17(4)12-13-18/h14-15H,5-13H2,1-4H3. The van der Waals surface area contributed by atoms with E-state index in [-0.39, 0.29) is 0 Å². The SMILES string of the molecule is CN1CCCN(C2CCC(C(C)(C)C)CC2)CC1. The molecule has 0 aromatic carbocycles. The van der Waals surface area contributed by atoms with Gasteiger partial charge in [-0.1, -0.05) is 20.8 Å². The van der Waals surface area contributed by atoms with E-state index in [1.807, 2.05) is 0 Å². The Hall–Kier alpha value is -0.0800. The van der Waals surface area contributed by atoms with Gasteiger partial charge in [0.15, 0.2) is 0 Å². The summed E-state index contributed by atoms with van der Waals surface area (Å²) in [4.78, 5) is 5.27. The van der Waals surface area contributed by atoms with Crippen molar-refractivity contribution in [2.24, 2.45) is 11.3 Å². The first-order valence-corrected chi connectivity index (χ1v) is 7.89. The maximum absolute atomic E-state index is 2.78. The lowest BCUT2D eigenvalue weighted by Gasteiger charge is -2.41. The van der Waals surface area contributed by atoms with Crippen LogP contribution in [0.5, 0.6) is 0 Å². The second kappa shape index (κ2) is 5.92. The fourth-order valence-electron chi connectivity index (χ4n) is 3.74. The van der Waals surface area contributed by atoms with Crippen molar-refractivity contribution in [3.63, 3.8) is 0 Å². The third kappa shape index (κ3) is 3.71. The van der Waals surface area contributed by atoms with Gasteiger partial charge in [-0.2, -0.15) is 0 Å². The van der Waals surface area contributed by atoms with Crippen molar-refractivity contribution in [3.8, 4) is 0 Å². The first-order chi connectivity index (χ1) is 8.47. The second-order valence-corrected chi connectivity index (χ2v) is 7.56. The molecule has 1 saturated heterocycles. The molecule has 0 amide bonds. The third-order valence-electron chi connectivity index (χ3n) is 5.19. The van der Waals surface area contributed by atoms with Crippen molar-refractivity contribution in [2.75, 3.05) is 33.2 Å². The van der Waals surface area contributed by atoms with Crippen molar-refractivity contribution >= 4 is 0 Å². The molecule has 18 heavy (non-hydrogen) atoms. The smallest absolute Gasteiger partial charge is 0.0112 e. The van der Waals surface area contributed by atoms with E-state index < -0.39 is 0 Å². The highest BCUT2D eigenvalue weighted by Gasteiger charge is 2.32. The minimum absolute atomic E-state index is 0.518. The average molecular weight is 252 g/mol. The molecule has 0 bridgehead atoms. The topological polar surface area (TPSA) is 6.48 Å². The molecular weight excluding hydrogens is 220 g/mol. The Morgan fingerprint density at radius 2 is 1.50 bits per heavy atom. The molecule has 0 aromatic heterocycles. The lowest BCUT2D eigenvalue weighted by Crippen LogP contribution is -2.41. The zero-order valence-electron chi connectivity index (χ0n) is 12.9. The summed E-state index contributed by atoms with van der Waals surface area (Å²) in [5, 5.41) is 0. The molecular formula is C16H32N2. The first kappa shape index (κ1) is 14.3. The molecule has 2 aliphatic rings. The van der Waals surface area contributed by atoms with Crippen LogP contribution in [0.4, 0.5) is 0 Å². The van der Waals surface area contributed by atoms with Crippen molar-refractivity contribution in [2.45, 2.75) is 58.9 Å². The van der Waals surface area contributed by atoms with E-state index in [1.54, 1.807) is 0 Å². The molecule has 1 aliphatic carbocycles. The van der Waals surface area contributed by atoms with Crippen molar-refractivity contribution in [1.29, 1.82) is 0 Å². The number of hydrogen-bond donors (Lipinski definition) is 0. The van der Waals surface area contributed by atoms with E-state index in [0.717, 1.165) is 12.0 Å². The molecule has 0 spiro atoms. The molecule has 1 aliphatic heterocycles. The minimum Gasteiger partial charge on any atom is -0.305 e. The van der Waals surface area contributed by atoms with Crippen molar-refractivity contribution in [1.82, 2.24) is 9.80 Å². The molecule has 0 radical (unpaired) electrons. The summed E-state index contributed by atoms with van der Waals surface area (Å²) < 4.78 is 0. The predicted molar refractivity (Wildman–Crippen MR) is 78.9 cm³/mol. The maximum atomic E-state index is 2.78. The summed E-state index contributed by atoms with van der Waals surface area (Å²) in [6, 6.07) is 0.884. The van der Waals surface area contributed by atoms with Gasteiger partial charge in [0.05, 0.1) is 0 Å². The average Bonchev–Trinajstić information content (AvgIpc) is 2.53. The zero-order valence-corrected chi connectivity index (χ0v) is 12.9. The lowest BCUT2D eigenvalue weighted by atomic mass is 9.71. The van der Waals surface area contributed by atoms with E-state index in [1.165, 1.54) is 58.3 Å². The Morgan fingerprint density at radius 3 is 2.11 bits per heavy atom. The molecule has 0 aromatic rings. The predicted octanol–water partition coefficient (Wildman–Crippen LogP) is 3.23. The Kier molecular flexibility index (Phi) is 4.71. The first-order valence-electron chi connectivity index (χ1n) is 7.89. The zero-order chi connectivity index (χ0) is 13.2. The van der Waals surface area contributed by atoms with E-state index >= 15 is 0 Å². The van der Waals surface area contributed by atoms with Gasteiger partial charge in [0.25, 0.3) is 0 Å². The van der Waals surface area contributed by atoms with E-state index in [0.29, 0.717) is 5.41 Å². The van der Waals surface area contributed by atoms with Gasteiger partial charge >= 0.3 is 0 Å². The van der Waals surface area contributed by atoms with Crippen LogP contribution in [0.25, 0.3) is 0 Å². The highest BCUT2D eigenvalue weighted by Crippen LogP contribution is 2.39. The van der Waals surface area contributed by atoms with Crippen LogP contribution in [-0.4, -0.2) is 49.1 Å². The molecule has 2 rings (SSSR count). The Morgan fingerprint density at radius 1 is 0.833 bits per heavy atom. The van der Waals surface area contributed by atoms with Gasteiger partial charge in [-0.05, 0) is 63.6 Å². The fourth-order valence-corrected chi connectivity index (χ4v) is 3.74. The van der Waals surface area contributed by atoms with Crippen LogP contribution in [-0.2, 0) is 0 Å². The van der Waals surface area contributed by atoms with Gasteiger partial charge in [-0.25, -0.2) is 0 Å². The van der Waals surface area contributed by atoms with E-state index in [9.17, 15) is 0 Å².